The largest absolute Gasteiger partial charge is 0.339 e. The minimum atomic E-state index is -0.249. The standard InChI is InChI=1S/C22H27N3O2/c1-16(2)19-9-5-6-10-20(19)24-21(26)17-13-18(15-23-14-17)22(27)25-11-7-3-4-8-12-25/h5-6,9-10,13-16H,3-4,7-8,11-12H2,1-2H3,(H,24,26). The van der Waals surface area contributed by atoms with Crippen molar-refractivity contribution < 1.29 is 9.59 Å². The summed E-state index contributed by atoms with van der Waals surface area (Å²) in [6.07, 6.45) is 7.45. The molecule has 0 atom stereocenters. The van der Waals surface area contributed by atoms with Gasteiger partial charge in [-0.15, -0.1) is 0 Å². The number of hydrogen-bond acceptors (Lipinski definition) is 3. The molecule has 0 unspecified atom stereocenters. The first-order valence-corrected chi connectivity index (χ1v) is 9.71. The van der Waals surface area contributed by atoms with E-state index in [1.165, 1.54) is 19.0 Å². The third kappa shape index (κ3) is 4.73. The average molecular weight is 365 g/mol. The van der Waals surface area contributed by atoms with Gasteiger partial charge in [0.15, 0.2) is 0 Å². The van der Waals surface area contributed by atoms with Crippen molar-refractivity contribution in [3.05, 3.63) is 59.4 Å². The monoisotopic (exact) mass is 365 g/mol. The molecule has 0 saturated carbocycles. The van der Waals surface area contributed by atoms with E-state index >= 15 is 0 Å². The molecule has 1 fully saturated rings. The third-order valence-corrected chi connectivity index (χ3v) is 4.97. The van der Waals surface area contributed by atoms with Gasteiger partial charge in [0.1, 0.15) is 0 Å². The molecule has 0 bridgehead atoms. The zero-order chi connectivity index (χ0) is 19.2. The molecule has 5 nitrogen and oxygen atoms in total. The van der Waals surface area contributed by atoms with E-state index in [2.05, 4.69) is 24.1 Å². The average Bonchev–Trinajstić information content (AvgIpc) is 2.97. The molecule has 0 aliphatic carbocycles. The van der Waals surface area contributed by atoms with E-state index in [0.29, 0.717) is 17.0 Å². The van der Waals surface area contributed by atoms with Crippen molar-refractivity contribution >= 4 is 17.5 Å². The van der Waals surface area contributed by atoms with Crippen LogP contribution < -0.4 is 5.32 Å². The Balaban J connectivity index is 1.77. The molecule has 0 radical (unpaired) electrons. The van der Waals surface area contributed by atoms with Crippen molar-refractivity contribution in [2.45, 2.75) is 45.4 Å². The first-order chi connectivity index (χ1) is 13.1. The molecule has 1 aromatic heterocycles. The first-order valence-electron chi connectivity index (χ1n) is 9.71. The maximum Gasteiger partial charge on any atom is 0.257 e. The molecule has 3 rings (SSSR count). The SMILES string of the molecule is CC(C)c1ccccc1NC(=O)c1cncc(C(=O)N2CCCCCC2)c1. The number of hydrogen-bond donors (Lipinski definition) is 1. The number of anilines is 1. The van der Waals surface area contributed by atoms with Crippen LogP contribution in [-0.2, 0) is 0 Å². The number of pyridine rings is 1. The van der Waals surface area contributed by atoms with Gasteiger partial charge in [-0.05, 0) is 36.5 Å². The number of amides is 2. The summed E-state index contributed by atoms with van der Waals surface area (Å²) in [6, 6.07) is 9.42. The molecule has 1 aliphatic heterocycles. The van der Waals surface area contributed by atoms with Crippen LogP contribution in [0, 0.1) is 0 Å². The molecule has 1 N–H and O–H groups in total. The molecule has 2 amide bonds. The number of likely N-dealkylation sites (tertiary alicyclic amines) is 1. The number of nitrogens with one attached hydrogen (secondary N) is 1. The van der Waals surface area contributed by atoms with Gasteiger partial charge in [0.05, 0.1) is 11.1 Å². The van der Waals surface area contributed by atoms with Crippen molar-refractivity contribution in [2.24, 2.45) is 0 Å². The molecule has 1 aliphatic rings. The summed E-state index contributed by atoms with van der Waals surface area (Å²) in [5.74, 6) is 0.0123. The summed E-state index contributed by atoms with van der Waals surface area (Å²) in [4.78, 5) is 31.5. The zero-order valence-electron chi connectivity index (χ0n) is 16.1. The van der Waals surface area contributed by atoms with Crippen molar-refractivity contribution in [3.63, 3.8) is 0 Å². The molecule has 27 heavy (non-hydrogen) atoms. The fourth-order valence-corrected chi connectivity index (χ4v) is 3.45. The summed E-state index contributed by atoms with van der Waals surface area (Å²) in [5, 5.41) is 2.96. The number of carbonyl (C=O) groups excluding carboxylic acids is 2. The second-order valence-electron chi connectivity index (χ2n) is 7.36. The van der Waals surface area contributed by atoms with E-state index < -0.39 is 0 Å². The summed E-state index contributed by atoms with van der Waals surface area (Å²) < 4.78 is 0. The van der Waals surface area contributed by atoms with Crippen molar-refractivity contribution in [1.82, 2.24) is 9.88 Å². The highest BCUT2D eigenvalue weighted by Gasteiger charge is 2.19. The molecule has 5 heteroatoms. The fourth-order valence-electron chi connectivity index (χ4n) is 3.45. The quantitative estimate of drug-likeness (QED) is 0.869. The number of benzene rings is 1. The van der Waals surface area contributed by atoms with Crippen LogP contribution >= 0.6 is 0 Å². The third-order valence-electron chi connectivity index (χ3n) is 4.97. The Morgan fingerprint density at radius 3 is 2.37 bits per heavy atom. The predicted molar refractivity (Wildman–Crippen MR) is 107 cm³/mol. The van der Waals surface area contributed by atoms with Gasteiger partial charge in [0, 0.05) is 31.2 Å². The number of carbonyl (C=O) groups is 2. The maximum absolute atomic E-state index is 12.8. The van der Waals surface area contributed by atoms with E-state index in [1.807, 2.05) is 29.2 Å². The molecular weight excluding hydrogens is 338 g/mol. The van der Waals surface area contributed by atoms with Gasteiger partial charge in [0.2, 0.25) is 0 Å². The Morgan fingerprint density at radius 1 is 1.00 bits per heavy atom. The van der Waals surface area contributed by atoms with Crippen LogP contribution in [0.2, 0.25) is 0 Å². The summed E-state index contributed by atoms with van der Waals surface area (Å²) in [5.41, 5.74) is 2.74. The fraction of sp³-hybridized carbons (Fsp3) is 0.409. The highest BCUT2D eigenvalue weighted by atomic mass is 16.2. The predicted octanol–water partition coefficient (Wildman–Crippen LogP) is 4.47. The van der Waals surface area contributed by atoms with E-state index in [0.717, 1.165) is 37.2 Å². The Kier molecular flexibility index (Phi) is 6.22. The van der Waals surface area contributed by atoms with Crippen LogP contribution in [0.3, 0.4) is 0 Å². The van der Waals surface area contributed by atoms with E-state index in [-0.39, 0.29) is 11.8 Å². The summed E-state index contributed by atoms with van der Waals surface area (Å²) in [6.45, 7) is 5.73. The van der Waals surface area contributed by atoms with E-state index in [4.69, 9.17) is 0 Å². The molecule has 2 aromatic rings. The summed E-state index contributed by atoms with van der Waals surface area (Å²) in [7, 11) is 0. The minimum absolute atomic E-state index is 0.0402. The van der Waals surface area contributed by atoms with Gasteiger partial charge < -0.3 is 10.2 Å². The van der Waals surface area contributed by atoms with Gasteiger partial charge in [-0.25, -0.2) is 0 Å². The molecule has 1 saturated heterocycles. The molecule has 142 valence electrons. The highest BCUT2D eigenvalue weighted by Crippen LogP contribution is 2.24. The van der Waals surface area contributed by atoms with Crippen LogP contribution in [0.25, 0.3) is 0 Å². The van der Waals surface area contributed by atoms with E-state index in [9.17, 15) is 9.59 Å². The Bertz CT molecular complexity index is 809. The lowest BCUT2D eigenvalue weighted by atomic mass is 10.0. The van der Waals surface area contributed by atoms with Crippen molar-refractivity contribution in [3.8, 4) is 0 Å². The second kappa shape index (κ2) is 8.80. The van der Waals surface area contributed by atoms with Gasteiger partial charge >= 0.3 is 0 Å². The van der Waals surface area contributed by atoms with E-state index in [1.54, 1.807) is 12.3 Å². The van der Waals surface area contributed by atoms with Gasteiger partial charge in [-0.3, -0.25) is 14.6 Å². The van der Waals surface area contributed by atoms with Crippen LogP contribution in [0.5, 0.6) is 0 Å². The Morgan fingerprint density at radius 2 is 1.67 bits per heavy atom. The van der Waals surface area contributed by atoms with Crippen LogP contribution in [0.15, 0.2) is 42.7 Å². The topological polar surface area (TPSA) is 62.3 Å². The van der Waals surface area contributed by atoms with Crippen molar-refractivity contribution in [2.75, 3.05) is 18.4 Å². The van der Waals surface area contributed by atoms with Crippen LogP contribution in [0.4, 0.5) is 5.69 Å². The maximum atomic E-state index is 12.8. The Labute approximate surface area is 160 Å². The molecule has 0 spiro atoms. The molecule has 1 aromatic carbocycles. The Hall–Kier alpha value is -2.69. The lowest BCUT2D eigenvalue weighted by molar-refractivity contribution is 0.0761. The number of para-hydroxylation sites is 1. The lowest BCUT2D eigenvalue weighted by Crippen LogP contribution is -2.32. The molecule has 2 heterocycles. The first kappa shape index (κ1) is 19.1. The lowest BCUT2D eigenvalue weighted by Gasteiger charge is -2.20. The van der Waals surface area contributed by atoms with Crippen molar-refractivity contribution in [1.29, 1.82) is 0 Å². The van der Waals surface area contributed by atoms with Gasteiger partial charge in [0.25, 0.3) is 11.8 Å². The number of rotatable bonds is 4. The number of nitrogens with zero attached hydrogens (tertiary/aromatic N) is 2. The van der Waals surface area contributed by atoms with Gasteiger partial charge in [-0.2, -0.15) is 0 Å². The van der Waals surface area contributed by atoms with Gasteiger partial charge in [-0.1, -0.05) is 44.9 Å². The zero-order valence-corrected chi connectivity index (χ0v) is 16.1. The number of aromatic nitrogens is 1. The molecular formula is C22H27N3O2. The van der Waals surface area contributed by atoms with Crippen LogP contribution in [0.1, 0.15) is 71.7 Å². The second-order valence-corrected chi connectivity index (χ2v) is 7.36. The smallest absolute Gasteiger partial charge is 0.257 e. The highest BCUT2D eigenvalue weighted by molar-refractivity contribution is 6.06. The normalized spacial score (nSPS) is 14.7. The van der Waals surface area contributed by atoms with Crippen LogP contribution in [-0.4, -0.2) is 34.8 Å². The minimum Gasteiger partial charge on any atom is -0.339 e. The summed E-state index contributed by atoms with van der Waals surface area (Å²) >= 11 is 0.